The Morgan fingerprint density at radius 2 is 2.08 bits per heavy atom. The molecule has 1 aromatic carbocycles. The summed E-state index contributed by atoms with van der Waals surface area (Å²) in [5.74, 6) is -0.348. The van der Waals surface area contributed by atoms with Crippen LogP contribution < -0.4 is 16.0 Å². The molecule has 0 bridgehead atoms. The molecule has 0 saturated carbocycles. The van der Waals surface area contributed by atoms with Crippen LogP contribution in [0.15, 0.2) is 24.3 Å². The largest absolute Gasteiger partial charge is 0.383 e. The van der Waals surface area contributed by atoms with Crippen LogP contribution in [0.2, 0.25) is 0 Å². The quantitative estimate of drug-likeness (QED) is 0.642. The molecule has 2 rings (SSSR count). The predicted octanol–water partition coefficient (Wildman–Crippen LogP) is 0.784. The predicted molar refractivity (Wildman–Crippen MR) is 88.3 cm³/mol. The number of methoxy groups -OCH3 is 1. The Balaban J connectivity index is 1.70. The van der Waals surface area contributed by atoms with Crippen molar-refractivity contribution in [2.24, 2.45) is 0 Å². The number of carbonyl (C=O) groups is 2. The third-order valence-corrected chi connectivity index (χ3v) is 3.74. The van der Waals surface area contributed by atoms with E-state index in [1.165, 1.54) is 24.3 Å². The second kappa shape index (κ2) is 9.19. The van der Waals surface area contributed by atoms with Crippen molar-refractivity contribution in [3.05, 3.63) is 30.1 Å². The molecular weight excluding hydrogens is 315 g/mol. The van der Waals surface area contributed by atoms with Crippen molar-refractivity contribution >= 4 is 17.6 Å². The minimum Gasteiger partial charge on any atom is -0.383 e. The third-order valence-electron chi connectivity index (χ3n) is 3.74. The van der Waals surface area contributed by atoms with Gasteiger partial charge in [-0.1, -0.05) is 0 Å². The number of benzene rings is 1. The number of amides is 3. The molecule has 1 atom stereocenters. The lowest BCUT2D eigenvalue weighted by molar-refractivity contribution is -0.129. The van der Waals surface area contributed by atoms with E-state index in [0.29, 0.717) is 38.3 Å². The van der Waals surface area contributed by atoms with Crippen LogP contribution in [-0.4, -0.2) is 62.8 Å². The summed E-state index contributed by atoms with van der Waals surface area (Å²) in [5, 5.41) is 8.48. The lowest BCUT2D eigenvalue weighted by atomic mass is 10.3. The molecule has 3 amide bonds. The van der Waals surface area contributed by atoms with Gasteiger partial charge in [0.25, 0.3) is 0 Å². The molecule has 24 heavy (non-hydrogen) atoms. The van der Waals surface area contributed by atoms with Gasteiger partial charge in [-0.15, -0.1) is 0 Å². The zero-order valence-corrected chi connectivity index (χ0v) is 13.7. The van der Waals surface area contributed by atoms with Crippen molar-refractivity contribution in [2.75, 3.05) is 45.2 Å². The van der Waals surface area contributed by atoms with Crippen LogP contribution in [0, 0.1) is 5.82 Å². The van der Waals surface area contributed by atoms with E-state index in [4.69, 9.17) is 4.74 Å². The molecule has 0 aliphatic carbocycles. The first-order chi connectivity index (χ1) is 11.6. The molecule has 1 fully saturated rings. The van der Waals surface area contributed by atoms with Gasteiger partial charge in [0, 0.05) is 38.5 Å². The van der Waals surface area contributed by atoms with Crippen LogP contribution in [0.5, 0.6) is 0 Å². The Bertz CT molecular complexity index is 553. The Kier molecular flexibility index (Phi) is 6.95. The second-order valence-corrected chi connectivity index (χ2v) is 5.60. The van der Waals surface area contributed by atoms with E-state index in [1.807, 2.05) is 0 Å². The fraction of sp³-hybridized carbons (Fsp3) is 0.500. The highest BCUT2D eigenvalue weighted by Crippen LogP contribution is 2.11. The van der Waals surface area contributed by atoms with E-state index in [0.717, 1.165) is 0 Å². The number of carbonyl (C=O) groups excluding carboxylic acids is 2. The van der Waals surface area contributed by atoms with E-state index in [2.05, 4.69) is 16.0 Å². The second-order valence-electron chi connectivity index (χ2n) is 5.60. The zero-order chi connectivity index (χ0) is 17.4. The van der Waals surface area contributed by atoms with Gasteiger partial charge in [0.1, 0.15) is 5.82 Å². The third kappa shape index (κ3) is 5.78. The topological polar surface area (TPSA) is 82.7 Å². The Labute approximate surface area is 140 Å². The summed E-state index contributed by atoms with van der Waals surface area (Å²) in [5.41, 5.74) is 0.516. The van der Waals surface area contributed by atoms with Gasteiger partial charge in [0.15, 0.2) is 0 Å². The number of nitrogens with zero attached hydrogens (tertiary/aromatic N) is 1. The summed E-state index contributed by atoms with van der Waals surface area (Å²) in [7, 11) is 1.61. The number of nitrogens with one attached hydrogen (secondary N) is 3. The number of urea groups is 1. The van der Waals surface area contributed by atoms with Gasteiger partial charge >= 0.3 is 6.03 Å². The van der Waals surface area contributed by atoms with Crippen LogP contribution in [0.25, 0.3) is 0 Å². The highest BCUT2D eigenvalue weighted by molar-refractivity contribution is 5.89. The molecule has 3 N–H and O–H groups in total. The van der Waals surface area contributed by atoms with Crippen molar-refractivity contribution < 1.29 is 18.7 Å². The molecular formula is C16H23FN4O3. The molecule has 1 aromatic rings. The smallest absolute Gasteiger partial charge is 0.319 e. The van der Waals surface area contributed by atoms with Crippen molar-refractivity contribution in [2.45, 2.75) is 12.5 Å². The van der Waals surface area contributed by atoms with E-state index in [9.17, 15) is 14.0 Å². The highest BCUT2D eigenvalue weighted by Gasteiger charge is 2.26. The van der Waals surface area contributed by atoms with E-state index < -0.39 is 0 Å². The lowest BCUT2D eigenvalue weighted by Gasteiger charge is -2.17. The van der Waals surface area contributed by atoms with Gasteiger partial charge in [-0.05, 0) is 30.7 Å². The molecule has 1 unspecified atom stereocenters. The number of rotatable bonds is 7. The number of likely N-dealkylation sites (tertiary alicyclic amines) is 1. The van der Waals surface area contributed by atoms with Crippen LogP contribution >= 0.6 is 0 Å². The van der Waals surface area contributed by atoms with Crippen LogP contribution in [0.4, 0.5) is 14.9 Å². The highest BCUT2D eigenvalue weighted by atomic mass is 19.1. The van der Waals surface area contributed by atoms with Crippen molar-refractivity contribution in [1.82, 2.24) is 15.5 Å². The maximum Gasteiger partial charge on any atom is 0.319 e. The summed E-state index contributed by atoms with van der Waals surface area (Å²) in [6.07, 6.45) is 0.709. The molecule has 0 aromatic heterocycles. The van der Waals surface area contributed by atoms with Gasteiger partial charge in [-0.2, -0.15) is 0 Å². The number of anilines is 1. The van der Waals surface area contributed by atoms with Crippen LogP contribution in [0.1, 0.15) is 6.42 Å². The maximum absolute atomic E-state index is 12.8. The minimum atomic E-state index is -0.362. The summed E-state index contributed by atoms with van der Waals surface area (Å²) < 4.78 is 17.7. The minimum absolute atomic E-state index is 0.00865. The summed E-state index contributed by atoms with van der Waals surface area (Å²) in [6.45, 7) is 2.55. The molecule has 0 spiro atoms. The molecule has 7 nitrogen and oxygen atoms in total. The molecule has 0 radical (unpaired) electrons. The summed E-state index contributed by atoms with van der Waals surface area (Å²) in [4.78, 5) is 25.7. The number of hydrogen-bond acceptors (Lipinski definition) is 4. The molecule has 1 aliphatic heterocycles. The monoisotopic (exact) mass is 338 g/mol. The van der Waals surface area contributed by atoms with E-state index in [-0.39, 0.29) is 30.3 Å². The van der Waals surface area contributed by atoms with Gasteiger partial charge in [0.05, 0.1) is 13.2 Å². The molecule has 1 heterocycles. The van der Waals surface area contributed by atoms with Gasteiger partial charge < -0.3 is 25.6 Å². The van der Waals surface area contributed by atoms with Gasteiger partial charge in [-0.3, -0.25) is 4.79 Å². The van der Waals surface area contributed by atoms with Gasteiger partial charge in [0.2, 0.25) is 5.91 Å². The summed E-state index contributed by atoms with van der Waals surface area (Å²) in [6, 6.07) is 5.09. The van der Waals surface area contributed by atoms with Gasteiger partial charge in [-0.25, -0.2) is 9.18 Å². The molecule has 132 valence electrons. The van der Waals surface area contributed by atoms with E-state index >= 15 is 0 Å². The Hall–Kier alpha value is -2.19. The zero-order valence-electron chi connectivity index (χ0n) is 13.7. The standard InChI is InChI=1S/C16H23FN4O3/c1-24-9-7-18-10-15(22)21-8-6-14(11-21)20-16(23)19-13-4-2-12(17)3-5-13/h2-5,14,18H,6-11H2,1H3,(H2,19,20,23). The molecule has 8 heteroatoms. The normalized spacial score (nSPS) is 16.9. The van der Waals surface area contributed by atoms with Crippen LogP contribution in [0.3, 0.4) is 0 Å². The first-order valence-electron chi connectivity index (χ1n) is 7.89. The lowest BCUT2D eigenvalue weighted by Crippen LogP contribution is -2.42. The number of hydrogen-bond donors (Lipinski definition) is 3. The number of ether oxygens (including phenoxy) is 1. The Morgan fingerprint density at radius 1 is 1.33 bits per heavy atom. The molecule has 1 aliphatic rings. The van der Waals surface area contributed by atoms with Crippen molar-refractivity contribution in [1.29, 1.82) is 0 Å². The average Bonchev–Trinajstić information content (AvgIpc) is 3.02. The Morgan fingerprint density at radius 3 is 2.79 bits per heavy atom. The maximum atomic E-state index is 12.8. The van der Waals surface area contributed by atoms with Crippen LogP contribution in [-0.2, 0) is 9.53 Å². The van der Waals surface area contributed by atoms with E-state index in [1.54, 1.807) is 12.0 Å². The first-order valence-corrected chi connectivity index (χ1v) is 7.89. The first kappa shape index (κ1) is 18.2. The van der Waals surface area contributed by atoms with Crippen molar-refractivity contribution in [3.63, 3.8) is 0 Å². The fourth-order valence-corrected chi connectivity index (χ4v) is 2.47. The number of halogens is 1. The summed E-state index contributed by atoms with van der Waals surface area (Å²) >= 11 is 0. The average molecular weight is 338 g/mol. The fourth-order valence-electron chi connectivity index (χ4n) is 2.47. The SMILES string of the molecule is COCCNCC(=O)N1CCC(NC(=O)Nc2ccc(F)cc2)C1. The van der Waals surface area contributed by atoms with Crippen molar-refractivity contribution in [3.8, 4) is 0 Å². The molecule has 1 saturated heterocycles.